The van der Waals surface area contributed by atoms with Gasteiger partial charge in [-0.15, -0.1) is 0 Å². The molecule has 0 aliphatic carbocycles. The Morgan fingerprint density at radius 3 is 2.56 bits per heavy atom. The monoisotopic (exact) mass is 371 g/mol. The second-order valence-electron chi connectivity index (χ2n) is 6.55. The highest BCUT2D eigenvalue weighted by atomic mass is 19.4. The molecule has 1 N–H and O–H groups in total. The molecule has 0 amide bonds. The number of hydrogen-bond donors (Lipinski definition) is 1. The SMILES string of the molecule is C=Cc1cccc(-n2c(C(=C)NC(C)C)cc3ccc(C(F)(F)F)nc32)c1. The van der Waals surface area contributed by atoms with Crippen molar-refractivity contribution in [2.45, 2.75) is 26.1 Å². The third kappa shape index (κ3) is 3.74. The Morgan fingerprint density at radius 1 is 1.19 bits per heavy atom. The average molecular weight is 371 g/mol. The van der Waals surface area contributed by atoms with E-state index in [9.17, 15) is 13.2 Å². The third-order valence-electron chi connectivity index (χ3n) is 4.08. The van der Waals surface area contributed by atoms with Gasteiger partial charge in [-0.05, 0) is 49.7 Å². The van der Waals surface area contributed by atoms with Gasteiger partial charge in [0.1, 0.15) is 11.3 Å². The molecule has 2 aromatic heterocycles. The summed E-state index contributed by atoms with van der Waals surface area (Å²) >= 11 is 0. The molecule has 140 valence electrons. The maximum atomic E-state index is 13.2. The van der Waals surface area contributed by atoms with Gasteiger partial charge < -0.3 is 5.32 Å². The fourth-order valence-corrected chi connectivity index (χ4v) is 2.93. The molecular weight excluding hydrogens is 351 g/mol. The second-order valence-corrected chi connectivity index (χ2v) is 6.55. The Labute approximate surface area is 155 Å². The summed E-state index contributed by atoms with van der Waals surface area (Å²) in [5.41, 5.74) is 2.12. The van der Waals surface area contributed by atoms with Gasteiger partial charge in [-0.1, -0.05) is 31.4 Å². The largest absolute Gasteiger partial charge is 0.433 e. The zero-order valence-corrected chi connectivity index (χ0v) is 15.1. The van der Waals surface area contributed by atoms with Gasteiger partial charge in [-0.25, -0.2) is 4.98 Å². The lowest BCUT2D eigenvalue weighted by Gasteiger charge is -2.16. The van der Waals surface area contributed by atoms with E-state index in [1.807, 2.05) is 38.1 Å². The molecule has 0 aliphatic rings. The molecule has 27 heavy (non-hydrogen) atoms. The van der Waals surface area contributed by atoms with Gasteiger partial charge >= 0.3 is 6.18 Å². The van der Waals surface area contributed by atoms with Crippen LogP contribution in [-0.4, -0.2) is 15.6 Å². The van der Waals surface area contributed by atoms with Crippen molar-refractivity contribution in [3.05, 3.63) is 72.6 Å². The zero-order valence-electron chi connectivity index (χ0n) is 15.1. The standard InChI is InChI=1S/C21H20F3N3/c1-5-15-7-6-8-17(11-15)27-18(14(4)25-13(2)3)12-16-9-10-19(21(22,23)24)26-20(16)27/h5-13,25H,1,4H2,2-3H3. The molecule has 0 aliphatic heterocycles. The Morgan fingerprint density at radius 2 is 1.93 bits per heavy atom. The summed E-state index contributed by atoms with van der Waals surface area (Å²) in [5, 5.41) is 3.82. The van der Waals surface area contributed by atoms with E-state index in [-0.39, 0.29) is 11.7 Å². The molecule has 3 aromatic rings. The van der Waals surface area contributed by atoms with Crippen molar-refractivity contribution in [1.29, 1.82) is 0 Å². The van der Waals surface area contributed by atoms with Crippen molar-refractivity contribution in [1.82, 2.24) is 14.9 Å². The van der Waals surface area contributed by atoms with Crippen molar-refractivity contribution in [3.8, 4) is 5.69 Å². The van der Waals surface area contributed by atoms with Crippen LogP contribution in [-0.2, 0) is 6.18 Å². The highest BCUT2D eigenvalue weighted by molar-refractivity contribution is 5.85. The van der Waals surface area contributed by atoms with E-state index in [4.69, 9.17) is 0 Å². The predicted octanol–water partition coefficient (Wildman–Crippen LogP) is 5.66. The minimum absolute atomic E-state index is 0.127. The van der Waals surface area contributed by atoms with Crippen molar-refractivity contribution < 1.29 is 13.2 Å². The molecule has 6 heteroatoms. The molecule has 3 rings (SSSR count). The predicted molar refractivity (Wildman–Crippen MR) is 103 cm³/mol. The Hall–Kier alpha value is -3.02. The fraction of sp³-hybridized carbons (Fsp3) is 0.190. The summed E-state index contributed by atoms with van der Waals surface area (Å²) < 4.78 is 41.3. The van der Waals surface area contributed by atoms with Crippen LogP contribution < -0.4 is 5.32 Å². The van der Waals surface area contributed by atoms with Gasteiger partial charge in [0, 0.05) is 17.1 Å². The van der Waals surface area contributed by atoms with Crippen LogP contribution in [0.2, 0.25) is 0 Å². The van der Waals surface area contributed by atoms with Crippen molar-refractivity contribution in [3.63, 3.8) is 0 Å². The molecule has 0 atom stereocenters. The number of aromatic nitrogens is 2. The molecule has 0 fully saturated rings. The van der Waals surface area contributed by atoms with Crippen LogP contribution in [0.4, 0.5) is 13.2 Å². The fourth-order valence-electron chi connectivity index (χ4n) is 2.93. The number of nitrogens with one attached hydrogen (secondary N) is 1. The van der Waals surface area contributed by atoms with Gasteiger partial charge in [-0.3, -0.25) is 4.57 Å². The molecule has 0 radical (unpaired) electrons. The van der Waals surface area contributed by atoms with E-state index < -0.39 is 11.9 Å². The first kappa shape index (κ1) is 18.8. The number of benzene rings is 1. The highest BCUT2D eigenvalue weighted by Crippen LogP contribution is 2.32. The number of hydrogen-bond acceptors (Lipinski definition) is 2. The van der Waals surface area contributed by atoms with Crippen LogP contribution in [0.5, 0.6) is 0 Å². The molecule has 0 spiro atoms. The lowest BCUT2D eigenvalue weighted by molar-refractivity contribution is -0.141. The molecule has 0 saturated carbocycles. The molecule has 0 saturated heterocycles. The smallest absolute Gasteiger partial charge is 0.382 e. The van der Waals surface area contributed by atoms with E-state index in [0.717, 1.165) is 11.6 Å². The normalized spacial score (nSPS) is 11.8. The zero-order chi connectivity index (χ0) is 19.8. The number of fused-ring (bicyclic) bond motifs is 1. The molecular formula is C21H20F3N3. The van der Waals surface area contributed by atoms with Crippen LogP contribution in [0.25, 0.3) is 28.5 Å². The number of alkyl halides is 3. The molecule has 0 bridgehead atoms. The number of rotatable bonds is 5. The van der Waals surface area contributed by atoms with Crippen LogP contribution >= 0.6 is 0 Å². The summed E-state index contributed by atoms with van der Waals surface area (Å²) in [6.45, 7) is 11.8. The Kier molecular flexibility index (Phi) is 4.83. The highest BCUT2D eigenvalue weighted by Gasteiger charge is 2.33. The van der Waals surface area contributed by atoms with Crippen molar-refractivity contribution in [2.24, 2.45) is 0 Å². The van der Waals surface area contributed by atoms with Crippen LogP contribution in [0.15, 0.2) is 55.6 Å². The first-order valence-corrected chi connectivity index (χ1v) is 8.49. The third-order valence-corrected chi connectivity index (χ3v) is 4.08. The lowest BCUT2D eigenvalue weighted by atomic mass is 10.2. The minimum atomic E-state index is -4.51. The van der Waals surface area contributed by atoms with Crippen molar-refractivity contribution >= 4 is 22.8 Å². The van der Waals surface area contributed by atoms with E-state index >= 15 is 0 Å². The van der Waals surface area contributed by atoms with E-state index in [0.29, 0.717) is 22.5 Å². The summed E-state index contributed by atoms with van der Waals surface area (Å²) in [5.74, 6) is 0. The summed E-state index contributed by atoms with van der Waals surface area (Å²) in [6, 6.07) is 11.7. The Bertz CT molecular complexity index is 1010. The molecule has 0 unspecified atom stereocenters. The molecule has 2 heterocycles. The van der Waals surface area contributed by atoms with Gasteiger partial charge in [0.15, 0.2) is 0 Å². The topological polar surface area (TPSA) is 29.9 Å². The Balaban J connectivity index is 2.30. The van der Waals surface area contributed by atoms with Crippen molar-refractivity contribution in [2.75, 3.05) is 0 Å². The van der Waals surface area contributed by atoms with Gasteiger partial charge in [0.2, 0.25) is 0 Å². The first-order valence-electron chi connectivity index (χ1n) is 8.49. The van der Waals surface area contributed by atoms with E-state index in [1.165, 1.54) is 6.07 Å². The van der Waals surface area contributed by atoms with Gasteiger partial charge in [0.05, 0.1) is 11.4 Å². The number of nitrogens with zero attached hydrogens (tertiary/aromatic N) is 2. The average Bonchev–Trinajstić information content (AvgIpc) is 2.99. The maximum absolute atomic E-state index is 13.2. The van der Waals surface area contributed by atoms with Crippen LogP contribution in [0.1, 0.15) is 30.8 Å². The van der Waals surface area contributed by atoms with E-state index in [2.05, 4.69) is 23.5 Å². The van der Waals surface area contributed by atoms with Gasteiger partial charge in [0.25, 0.3) is 0 Å². The number of halogens is 3. The first-order chi connectivity index (χ1) is 12.7. The lowest BCUT2D eigenvalue weighted by Crippen LogP contribution is -2.21. The summed E-state index contributed by atoms with van der Waals surface area (Å²) in [4.78, 5) is 3.90. The molecule has 3 nitrogen and oxygen atoms in total. The van der Waals surface area contributed by atoms with E-state index in [1.54, 1.807) is 16.7 Å². The maximum Gasteiger partial charge on any atom is 0.433 e. The second kappa shape index (κ2) is 6.95. The quantitative estimate of drug-likeness (QED) is 0.627. The van der Waals surface area contributed by atoms with Crippen LogP contribution in [0.3, 0.4) is 0 Å². The minimum Gasteiger partial charge on any atom is -0.382 e. The molecule has 1 aromatic carbocycles. The van der Waals surface area contributed by atoms with Crippen LogP contribution in [0, 0.1) is 0 Å². The summed E-state index contributed by atoms with van der Waals surface area (Å²) in [7, 11) is 0. The summed E-state index contributed by atoms with van der Waals surface area (Å²) in [6.07, 6.45) is -2.83. The van der Waals surface area contributed by atoms with Gasteiger partial charge in [-0.2, -0.15) is 13.2 Å². The number of pyridine rings is 1.